The first-order valence-corrected chi connectivity index (χ1v) is 12.7. The highest BCUT2D eigenvalue weighted by Crippen LogP contribution is 2.74. The van der Waals surface area contributed by atoms with Crippen LogP contribution in [-0.4, -0.2) is 58.6 Å². The van der Waals surface area contributed by atoms with Crippen molar-refractivity contribution in [2.24, 2.45) is 28.1 Å². The summed E-state index contributed by atoms with van der Waals surface area (Å²) in [6.45, 7) is 16.8. The number of aliphatic hydroxyl groups is 1. The number of esters is 2. The van der Waals surface area contributed by atoms with Crippen LogP contribution in [0.15, 0.2) is 12.2 Å². The third kappa shape index (κ3) is 2.99. The molecule has 5 rings (SSSR count). The summed E-state index contributed by atoms with van der Waals surface area (Å²) in [5.41, 5.74) is -3.80. The van der Waals surface area contributed by atoms with Gasteiger partial charge in [0.1, 0.15) is 23.9 Å². The molecule has 1 heterocycles. The molecule has 2 bridgehead atoms. The maximum absolute atomic E-state index is 14.2. The van der Waals surface area contributed by atoms with Crippen LogP contribution in [0.25, 0.3) is 0 Å². The van der Waals surface area contributed by atoms with Gasteiger partial charge >= 0.3 is 11.9 Å². The summed E-state index contributed by atoms with van der Waals surface area (Å²) in [5.74, 6) is -2.81. The number of rotatable bonds is 2. The maximum atomic E-state index is 14.2. The van der Waals surface area contributed by atoms with Crippen LogP contribution in [-0.2, 0) is 33.3 Å². The molecular weight excluding hydrogens is 452 g/mol. The molecule has 35 heavy (non-hydrogen) atoms. The summed E-state index contributed by atoms with van der Waals surface area (Å²) in [6.07, 6.45) is -0.777. The number of carbonyl (C=O) groups excluding carboxylic acids is 3. The number of carbonyl (C=O) groups is 3. The standard InChI is InChI=1S/C27H38O8/c1-13-21(30)27-19-11-17-23(4,5)10-9-18(33-15(3)29)25(17,8)20(27)16(32-14(2)28)12-26(13,31)22(27)35-24(6,7)34-19/h16-20,22,31H,1,9-12H2,2-8H3/t16?,17?,18-,19-,20?,22?,25+,26-,27?/m1/s1. The van der Waals surface area contributed by atoms with Gasteiger partial charge < -0.3 is 24.1 Å². The molecule has 0 aromatic carbocycles. The molecule has 5 fully saturated rings. The lowest BCUT2D eigenvalue weighted by Gasteiger charge is -2.70. The van der Waals surface area contributed by atoms with E-state index in [4.69, 9.17) is 18.9 Å². The van der Waals surface area contributed by atoms with Crippen LogP contribution in [0.3, 0.4) is 0 Å². The van der Waals surface area contributed by atoms with Gasteiger partial charge in [-0.05, 0) is 44.4 Å². The predicted molar refractivity (Wildman–Crippen MR) is 124 cm³/mol. The third-order valence-electron chi connectivity index (χ3n) is 10.0. The Morgan fingerprint density at radius 2 is 1.69 bits per heavy atom. The number of ketones is 1. The predicted octanol–water partition coefficient (Wildman–Crippen LogP) is 3.09. The van der Waals surface area contributed by atoms with Gasteiger partial charge in [0.05, 0.1) is 11.5 Å². The summed E-state index contributed by atoms with van der Waals surface area (Å²) >= 11 is 0. The molecule has 9 atom stereocenters. The molecule has 0 amide bonds. The molecule has 4 aliphatic carbocycles. The highest BCUT2D eigenvalue weighted by atomic mass is 16.7. The number of fused-ring (bicyclic) bond motifs is 2. The Balaban J connectivity index is 1.80. The smallest absolute Gasteiger partial charge is 0.302 e. The SMILES string of the molecule is C=C1C(=O)C23C4C(OC(C)=O)C[C@]1(O)C2OC(C)(C)O[C@@H]3CC1C(C)(C)CC[C@@H](OC(C)=O)[C@]14C. The molecule has 1 saturated heterocycles. The Bertz CT molecular complexity index is 1010. The fraction of sp³-hybridized carbons (Fsp3) is 0.815. The highest BCUT2D eigenvalue weighted by Gasteiger charge is 2.84. The van der Waals surface area contributed by atoms with Gasteiger partial charge in [-0.25, -0.2) is 0 Å². The van der Waals surface area contributed by atoms with Crippen molar-refractivity contribution in [2.45, 2.75) is 110 Å². The number of Topliss-reactive ketones (excluding diaryl/α,β-unsaturated/α-hetero) is 1. The van der Waals surface area contributed by atoms with Crippen LogP contribution in [0.1, 0.15) is 74.1 Å². The second-order valence-corrected chi connectivity index (χ2v) is 12.8. The Morgan fingerprint density at radius 3 is 2.29 bits per heavy atom. The van der Waals surface area contributed by atoms with E-state index in [1.165, 1.54) is 13.8 Å². The van der Waals surface area contributed by atoms with Crippen molar-refractivity contribution in [3.05, 3.63) is 12.2 Å². The van der Waals surface area contributed by atoms with Gasteiger partial charge in [-0.3, -0.25) is 14.4 Å². The van der Waals surface area contributed by atoms with Crippen LogP contribution in [0.4, 0.5) is 0 Å². The normalized spacial score (nSPS) is 49.0. The molecule has 0 radical (unpaired) electrons. The van der Waals surface area contributed by atoms with Gasteiger partial charge in [0.2, 0.25) is 0 Å². The van der Waals surface area contributed by atoms with Crippen LogP contribution in [0.2, 0.25) is 0 Å². The monoisotopic (exact) mass is 490 g/mol. The first kappa shape index (κ1) is 24.9. The van der Waals surface area contributed by atoms with Gasteiger partial charge in [-0.15, -0.1) is 0 Å². The molecular formula is C27H38O8. The van der Waals surface area contributed by atoms with E-state index in [1.54, 1.807) is 13.8 Å². The Morgan fingerprint density at radius 1 is 1.06 bits per heavy atom. The van der Waals surface area contributed by atoms with E-state index in [0.717, 1.165) is 6.42 Å². The minimum absolute atomic E-state index is 0.00538. The molecule has 4 saturated carbocycles. The number of ether oxygens (including phenoxy) is 4. The molecule has 0 aromatic heterocycles. The molecule has 5 aliphatic rings. The lowest BCUT2D eigenvalue weighted by Crippen LogP contribution is -2.78. The van der Waals surface area contributed by atoms with Crippen molar-refractivity contribution < 1.29 is 38.4 Å². The molecule has 8 nitrogen and oxygen atoms in total. The Labute approximate surface area is 206 Å². The zero-order valence-electron chi connectivity index (χ0n) is 21.8. The van der Waals surface area contributed by atoms with E-state index < -0.39 is 58.5 Å². The van der Waals surface area contributed by atoms with Gasteiger partial charge in [0.15, 0.2) is 11.6 Å². The minimum atomic E-state index is -1.68. The summed E-state index contributed by atoms with van der Waals surface area (Å²) in [4.78, 5) is 38.8. The van der Waals surface area contributed by atoms with Crippen molar-refractivity contribution in [1.82, 2.24) is 0 Å². The maximum Gasteiger partial charge on any atom is 0.302 e. The van der Waals surface area contributed by atoms with Gasteiger partial charge in [-0.2, -0.15) is 0 Å². The van der Waals surface area contributed by atoms with Crippen molar-refractivity contribution in [3.8, 4) is 0 Å². The van der Waals surface area contributed by atoms with Gasteiger partial charge in [-0.1, -0.05) is 27.4 Å². The van der Waals surface area contributed by atoms with Crippen molar-refractivity contribution in [2.75, 3.05) is 0 Å². The molecule has 8 heteroatoms. The second kappa shape index (κ2) is 7.17. The molecule has 1 aliphatic heterocycles. The quantitative estimate of drug-likeness (QED) is 0.465. The number of hydrogen-bond donors (Lipinski definition) is 1. The summed E-state index contributed by atoms with van der Waals surface area (Å²) in [5, 5.41) is 11.9. The largest absolute Gasteiger partial charge is 0.462 e. The fourth-order valence-electron chi connectivity index (χ4n) is 8.99. The molecule has 0 aromatic rings. The average Bonchev–Trinajstić information content (AvgIpc) is 2.81. The van der Waals surface area contributed by atoms with E-state index in [9.17, 15) is 19.5 Å². The summed E-state index contributed by atoms with van der Waals surface area (Å²) in [7, 11) is 0. The lowest BCUT2D eigenvalue weighted by molar-refractivity contribution is -0.406. The second-order valence-electron chi connectivity index (χ2n) is 12.8. The van der Waals surface area contributed by atoms with Crippen molar-refractivity contribution >= 4 is 17.7 Å². The molecule has 194 valence electrons. The highest BCUT2D eigenvalue weighted by molar-refractivity contribution is 6.06. The first-order valence-electron chi connectivity index (χ1n) is 12.7. The molecule has 1 spiro atoms. The molecule has 5 unspecified atom stereocenters. The van der Waals surface area contributed by atoms with Crippen LogP contribution >= 0.6 is 0 Å². The fourth-order valence-corrected chi connectivity index (χ4v) is 8.99. The average molecular weight is 491 g/mol. The molecule has 1 N–H and O–H groups in total. The minimum Gasteiger partial charge on any atom is -0.462 e. The van der Waals surface area contributed by atoms with Gasteiger partial charge in [0, 0.05) is 37.2 Å². The van der Waals surface area contributed by atoms with Crippen molar-refractivity contribution in [1.29, 1.82) is 0 Å². The van der Waals surface area contributed by atoms with Crippen molar-refractivity contribution in [3.63, 3.8) is 0 Å². The van der Waals surface area contributed by atoms with E-state index in [2.05, 4.69) is 27.4 Å². The summed E-state index contributed by atoms with van der Waals surface area (Å²) < 4.78 is 24.8. The zero-order valence-corrected chi connectivity index (χ0v) is 21.8. The van der Waals surface area contributed by atoms with E-state index >= 15 is 0 Å². The lowest BCUT2D eigenvalue weighted by atomic mass is 9.38. The Kier molecular flexibility index (Phi) is 5.10. The van der Waals surface area contributed by atoms with Crippen LogP contribution in [0, 0.1) is 28.1 Å². The summed E-state index contributed by atoms with van der Waals surface area (Å²) in [6, 6.07) is 0. The van der Waals surface area contributed by atoms with E-state index in [0.29, 0.717) is 12.8 Å². The van der Waals surface area contributed by atoms with E-state index in [-0.39, 0.29) is 35.1 Å². The first-order chi connectivity index (χ1) is 16.0. The number of hydrogen-bond acceptors (Lipinski definition) is 8. The van der Waals surface area contributed by atoms with E-state index in [1.807, 2.05) is 0 Å². The zero-order chi connectivity index (χ0) is 25.9. The topological polar surface area (TPSA) is 108 Å². The van der Waals surface area contributed by atoms with Crippen LogP contribution < -0.4 is 0 Å². The van der Waals surface area contributed by atoms with Gasteiger partial charge in [0.25, 0.3) is 0 Å². The third-order valence-corrected chi connectivity index (χ3v) is 10.0. The Hall–Kier alpha value is -1.77. The van der Waals surface area contributed by atoms with Crippen LogP contribution in [0.5, 0.6) is 0 Å².